The van der Waals surface area contributed by atoms with E-state index in [9.17, 15) is 14.0 Å². The minimum atomic E-state index is -0.696. The summed E-state index contributed by atoms with van der Waals surface area (Å²) in [7, 11) is 0. The van der Waals surface area contributed by atoms with Crippen molar-refractivity contribution in [3.8, 4) is 0 Å². The van der Waals surface area contributed by atoms with Crippen molar-refractivity contribution in [1.29, 1.82) is 5.41 Å². The zero-order chi connectivity index (χ0) is 16.1. The number of ketones is 2. The SMILES string of the molecule is N=Cc1cc(C(=O)CCC(=O)c2ncccc2F)ccc1N. The van der Waals surface area contributed by atoms with Crippen LogP contribution in [0.2, 0.25) is 0 Å². The van der Waals surface area contributed by atoms with E-state index >= 15 is 0 Å². The van der Waals surface area contributed by atoms with Crippen molar-refractivity contribution in [1.82, 2.24) is 4.98 Å². The summed E-state index contributed by atoms with van der Waals surface area (Å²) in [6, 6.07) is 7.11. The molecule has 0 saturated heterocycles. The quantitative estimate of drug-likeness (QED) is 0.487. The molecule has 2 rings (SSSR count). The molecule has 0 aliphatic heterocycles. The highest BCUT2D eigenvalue weighted by molar-refractivity contribution is 6.02. The third kappa shape index (κ3) is 3.41. The van der Waals surface area contributed by atoms with Gasteiger partial charge >= 0.3 is 0 Å². The van der Waals surface area contributed by atoms with Crippen LogP contribution in [0, 0.1) is 11.2 Å². The lowest BCUT2D eigenvalue weighted by Gasteiger charge is -2.05. The molecular weight excluding hydrogens is 285 g/mol. The lowest BCUT2D eigenvalue weighted by Crippen LogP contribution is -2.09. The van der Waals surface area contributed by atoms with E-state index in [1.54, 1.807) is 0 Å². The number of anilines is 1. The van der Waals surface area contributed by atoms with Crippen LogP contribution in [0.25, 0.3) is 0 Å². The van der Waals surface area contributed by atoms with Gasteiger partial charge in [-0.15, -0.1) is 0 Å². The van der Waals surface area contributed by atoms with Crippen LogP contribution in [0.5, 0.6) is 0 Å². The van der Waals surface area contributed by atoms with Gasteiger partial charge in [-0.1, -0.05) is 0 Å². The largest absolute Gasteiger partial charge is 0.398 e. The van der Waals surface area contributed by atoms with Gasteiger partial charge in [-0.2, -0.15) is 0 Å². The van der Waals surface area contributed by atoms with Crippen LogP contribution in [0.15, 0.2) is 36.5 Å². The predicted molar refractivity (Wildman–Crippen MR) is 80.8 cm³/mol. The Labute approximate surface area is 126 Å². The molecule has 0 aliphatic carbocycles. The number of benzene rings is 1. The third-order valence-electron chi connectivity index (χ3n) is 3.17. The normalized spacial score (nSPS) is 10.2. The molecular formula is C16H14FN3O2. The number of aromatic nitrogens is 1. The minimum Gasteiger partial charge on any atom is -0.398 e. The number of rotatable bonds is 6. The van der Waals surface area contributed by atoms with Crippen molar-refractivity contribution in [2.45, 2.75) is 12.8 Å². The molecule has 0 amide bonds. The Morgan fingerprint density at radius 3 is 2.64 bits per heavy atom. The van der Waals surface area contributed by atoms with Gasteiger partial charge < -0.3 is 11.1 Å². The first-order valence-corrected chi connectivity index (χ1v) is 6.60. The average molecular weight is 299 g/mol. The summed E-state index contributed by atoms with van der Waals surface area (Å²) in [5.74, 6) is -1.49. The second-order valence-corrected chi connectivity index (χ2v) is 4.67. The minimum absolute atomic E-state index is 0.0593. The van der Waals surface area contributed by atoms with Crippen LogP contribution < -0.4 is 5.73 Å². The number of carbonyl (C=O) groups is 2. The van der Waals surface area contributed by atoms with E-state index in [-0.39, 0.29) is 24.3 Å². The predicted octanol–water partition coefficient (Wildman–Crippen LogP) is 2.65. The fourth-order valence-electron chi connectivity index (χ4n) is 1.95. The monoisotopic (exact) mass is 299 g/mol. The molecule has 0 unspecified atom stereocenters. The van der Waals surface area contributed by atoms with Crippen LogP contribution in [0.4, 0.5) is 10.1 Å². The molecule has 2 aromatic rings. The highest BCUT2D eigenvalue weighted by Crippen LogP contribution is 2.15. The zero-order valence-electron chi connectivity index (χ0n) is 11.7. The summed E-state index contributed by atoms with van der Waals surface area (Å²) < 4.78 is 13.4. The Kier molecular flexibility index (Phi) is 4.73. The molecule has 0 atom stereocenters. The van der Waals surface area contributed by atoms with Crippen LogP contribution in [0.3, 0.4) is 0 Å². The first-order valence-electron chi connectivity index (χ1n) is 6.60. The Balaban J connectivity index is 2.05. The van der Waals surface area contributed by atoms with Gasteiger partial charge in [-0.05, 0) is 30.3 Å². The molecule has 5 nitrogen and oxygen atoms in total. The van der Waals surface area contributed by atoms with Crippen molar-refractivity contribution in [2.24, 2.45) is 0 Å². The smallest absolute Gasteiger partial charge is 0.184 e. The molecule has 3 N–H and O–H groups in total. The molecule has 1 aromatic carbocycles. The summed E-state index contributed by atoms with van der Waals surface area (Å²) in [5.41, 5.74) is 6.59. The van der Waals surface area contributed by atoms with Gasteiger partial charge in [0, 0.05) is 42.1 Å². The maximum atomic E-state index is 13.4. The first-order chi connectivity index (χ1) is 10.5. The number of nitrogens with two attached hydrogens (primary N) is 1. The summed E-state index contributed by atoms with van der Waals surface area (Å²) in [4.78, 5) is 27.6. The number of nitrogens with one attached hydrogen (secondary N) is 1. The Morgan fingerprint density at radius 1 is 1.23 bits per heavy atom. The Bertz CT molecular complexity index is 744. The number of hydrogen-bond acceptors (Lipinski definition) is 5. The Morgan fingerprint density at radius 2 is 1.95 bits per heavy atom. The molecule has 1 aromatic heterocycles. The second-order valence-electron chi connectivity index (χ2n) is 4.67. The molecule has 0 spiro atoms. The molecule has 6 heteroatoms. The maximum Gasteiger partial charge on any atom is 0.184 e. The summed E-state index contributed by atoms with van der Waals surface area (Å²) in [6.07, 6.45) is 2.20. The van der Waals surface area contributed by atoms with Gasteiger partial charge in [0.15, 0.2) is 17.4 Å². The number of pyridine rings is 1. The number of halogens is 1. The van der Waals surface area contributed by atoms with Crippen molar-refractivity contribution < 1.29 is 14.0 Å². The highest BCUT2D eigenvalue weighted by Gasteiger charge is 2.15. The van der Waals surface area contributed by atoms with Gasteiger partial charge in [-0.25, -0.2) is 4.39 Å². The van der Waals surface area contributed by atoms with E-state index in [1.165, 1.54) is 30.5 Å². The van der Waals surface area contributed by atoms with E-state index in [1.807, 2.05) is 0 Å². The summed E-state index contributed by atoms with van der Waals surface area (Å²) in [5, 5.41) is 7.21. The second kappa shape index (κ2) is 6.71. The molecule has 112 valence electrons. The fraction of sp³-hybridized carbons (Fsp3) is 0.125. The van der Waals surface area contributed by atoms with Gasteiger partial charge in [0.1, 0.15) is 5.69 Å². The van der Waals surface area contributed by atoms with Crippen molar-refractivity contribution in [3.05, 3.63) is 59.2 Å². The van der Waals surface area contributed by atoms with Crippen LogP contribution in [-0.2, 0) is 0 Å². The third-order valence-corrected chi connectivity index (χ3v) is 3.17. The number of Topliss-reactive ketones (excluding diaryl/α,β-unsaturated/α-hetero) is 2. The lowest BCUT2D eigenvalue weighted by molar-refractivity contribution is 0.0912. The molecule has 22 heavy (non-hydrogen) atoms. The zero-order valence-corrected chi connectivity index (χ0v) is 11.7. The molecule has 0 radical (unpaired) electrons. The van der Waals surface area contributed by atoms with Crippen molar-refractivity contribution in [3.63, 3.8) is 0 Å². The Hall–Kier alpha value is -2.89. The van der Waals surface area contributed by atoms with E-state index in [2.05, 4.69) is 4.98 Å². The lowest BCUT2D eigenvalue weighted by atomic mass is 10.0. The summed E-state index contributed by atoms with van der Waals surface area (Å²) >= 11 is 0. The molecule has 0 bridgehead atoms. The van der Waals surface area contributed by atoms with E-state index in [0.717, 1.165) is 12.3 Å². The van der Waals surface area contributed by atoms with Gasteiger partial charge in [0.25, 0.3) is 0 Å². The molecule has 0 aliphatic rings. The van der Waals surface area contributed by atoms with Crippen molar-refractivity contribution in [2.75, 3.05) is 5.73 Å². The van der Waals surface area contributed by atoms with Crippen LogP contribution >= 0.6 is 0 Å². The number of nitrogen functional groups attached to an aromatic ring is 1. The molecule has 1 heterocycles. The number of hydrogen-bond donors (Lipinski definition) is 2. The van der Waals surface area contributed by atoms with E-state index in [0.29, 0.717) is 16.8 Å². The van der Waals surface area contributed by atoms with Crippen LogP contribution in [-0.4, -0.2) is 22.8 Å². The van der Waals surface area contributed by atoms with Gasteiger partial charge in [0.05, 0.1) is 0 Å². The average Bonchev–Trinajstić information content (AvgIpc) is 2.53. The molecule has 0 saturated carbocycles. The van der Waals surface area contributed by atoms with Crippen LogP contribution in [0.1, 0.15) is 39.3 Å². The topological polar surface area (TPSA) is 96.9 Å². The summed E-state index contributed by atoms with van der Waals surface area (Å²) in [6.45, 7) is 0. The van der Waals surface area contributed by atoms with Gasteiger partial charge in [0.2, 0.25) is 0 Å². The van der Waals surface area contributed by atoms with E-state index in [4.69, 9.17) is 11.1 Å². The number of nitrogens with zero attached hydrogens (tertiary/aromatic N) is 1. The van der Waals surface area contributed by atoms with Crippen molar-refractivity contribution >= 4 is 23.5 Å². The standard InChI is InChI=1S/C16H14FN3O2/c17-12-2-1-7-20-16(12)15(22)6-5-14(21)10-3-4-13(19)11(8-10)9-18/h1-4,7-9,18H,5-6,19H2. The van der Waals surface area contributed by atoms with Gasteiger partial charge in [-0.3, -0.25) is 14.6 Å². The van der Waals surface area contributed by atoms with E-state index < -0.39 is 11.6 Å². The highest BCUT2D eigenvalue weighted by atomic mass is 19.1. The maximum absolute atomic E-state index is 13.4. The number of carbonyl (C=O) groups excluding carboxylic acids is 2. The fourth-order valence-corrected chi connectivity index (χ4v) is 1.95. The first kappa shape index (κ1) is 15.5. The molecule has 0 fully saturated rings.